The average molecular weight is 141 g/mol. The van der Waals surface area contributed by atoms with Crippen molar-refractivity contribution in [2.45, 2.75) is 31.9 Å². The molecule has 0 aromatic rings. The maximum atomic E-state index is 8.92. The summed E-state index contributed by atoms with van der Waals surface area (Å²) < 4.78 is 0. The lowest BCUT2D eigenvalue weighted by Gasteiger charge is -2.31. The molecule has 1 rings (SSSR count). The van der Waals surface area contributed by atoms with Crippen molar-refractivity contribution in [2.75, 3.05) is 6.54 Å². The Bertz CT molecular complexity index is 116. The van der Waals surface area contributed by atoms with Crippen LogP contribution in [-0.2, 0) is 0 Å². The highest BCUT2D eigenvalue weighted by molar-refractivity contribution is 4.88. The molecule has 0 spiro atoms. The Morgan fingerprint density at radius 3 is 2.80 bits per heavy atom. The van der Waals surface area contributed by atoms with Crippen LogP contribution in [0.25, 0.3) is 0 Å². The molecule has 0 aromatic heterocycles. The van der Waals surface area contributed by atoms with Gasteiger partial charge in [-0.15, -0.1) is 0 Å². The molecule has 2 heteroatoms. The lowest BCUT2D eigenvalue weighted by Crippen LogP contribution is -2.44. The second kappa shape index (κ2) is 3.74. The van der Waals surface area contributed by atoms with E-state index in [1.807, 2.05) is 13.0 Å². The van der Waals surface area contributed by atoms with E-state index >= 15 is 0 Å². The zero-order chi connectivity index (χ0) is 7.40. The smallest absolute Gasteiger partial charge is 0.0570 e. The standard InChI is InChI=1S/C8H15NO/c1-2-3-4-9-7-5-8(10)6-7/h2-3,7-10H,4-6H2,1H3/b3-2+. The predicted octanol–water partition coefficient (Wildman–Crippen LogP) is 0.675. The highest BCUT2D eigenvalue weighted by atomic mass is 16.3. The molecule has 0 saturated heterocycles. The molecule has 2 nitrogen and oxygen atoms in total. The summed E-state index contributed by atoms with van der Waals surface area (Å²) in [5, 5.41) is 12.2. The molecular weight excluding hydrogens is 126 g/mol. The van der Waals surface area contributed by atoms with Crippen molar-refractivity contribution in [2.24, 2.45) is 0 Å². The summed E-state index contributed by atoms with van der Waals surface area (Å²) in [4.78, 5) is 0. The Hall–Kier alpha value is -0.340. The van der Waals surface area contributed by atoms with Crippen LogP contribution in [0.5, 0.6) is 0 Å². The van der Waals surface area contributed by atoms with Gasteiger partial charge < -0.3 is 10.4 Å². The highest BCUT2D eigenvalue weighted by Crippen LogP contribution is 2.18. The van der Waals surface area contributed by atoms with Crippen LogP contribution < -0.4 is 5.32 Å². The number of aliphatic hydroxyl groups excluding tert-OH is 1. The third kappa shape index (κ3) is 2.12. The van der Waals surface area contributed by atoms with Gasteiger partial charge in [-0.1, -0.05) is 12.2 Å². The van der Waals surface area contributed by atoms with Crippen molar-refractivity contribution in [3.63, 3.8) is 0 Å². The van der Waals surface area contributed by atoms with Crippen LogP contribution in [-0.4, -0.2) is 23.8 Å². The van der Waals surface area contributed by atoms with Gasteiger partial charge in [0, 0.05) is 12.6 Å². The summed E-state index contributed by atoms with van der Waals surface area (Å²) in [5.74, 6) is 0. The molecule has 1 aliphatic carbocycles. The van der Waals surface area contributed by atoms with Crippen LogP contribution in [0.2, 0.25) is 0 Å². The van der Waals surface area contributed by atoms with E-state index in [1.165, 1.54) is 0 Å². The monoisotopic (exact) mass is 141 g/mol. The fraction of sp³-hybridized carbons (Fsp3) is 0.750. The Balaban J connectivity index is 1.95. The zero-order valence-corrected chi connectivity index (χ0v) is 6.38. The van der Waals surface area contributed by atoms with Crippen LogP contribution in [0.15, 0.2) is 12.2 Å². The van der Waals surface area contributed by atoms with Gasteiger partial charge in [0.05, 0.1) is 6.10 Å². The van der Waals surface area contributed by atoms with E-state index in [9.17, 15) is 0 Å². The summed E-state index contributed by atoms with van der Waals surface area (Å²) in [6.07, 6.45) is 5.94. The molecule has 1 fully saturated rings. The van der Waals surface area contributed by atoms with Gasteiger partial charge in [0.2, 0.25) is 0 Å². The topological polar surface area (TPSA) is 32.3 Å². The Morgan fingerprint density at radius 1 is 1.60 bits per heavy atom. The predicted molar refractivity (Wildman–Crippen MR) is 41.8 cm³/mol. The molecule has 0 heterocycles. The van der Waals surface area contributed by atoms with E-state index in [-0.39, 0.29) is 6.10 Å². The minimum atomic E-state index is -0.0388. The van der Waals surface area contributed by atoms with Gasteiger partial charge in [-0.3, -0.25) is 0 Å². The van der Waals surface area contributed by atoms with Crippen LogP contribution in [0, 0.1) is 0 Å². The summed E-state index contributed by atoms with van der Waals surface area (Å²) >= 11 is 0. The molecule has 0 aliphatic heterocycles. The molecule has 58 valence electrons. The van der Waals surface area contributed by atoms with E-state index < -0.39 is 0 Å². The lowest BCUT2D eigenvalue weighted by atomic mass is 9.90. The van der Waals surface area contributed by atoms with Crippen molar-refractivity contribution in [3.8, 4) is 0 Å². The number of hydrogen-bond donors (Lipinski definition) is 2. The fourth-order valence-electron chi connectivity index (χ4n) is 1.11. The third-order valence-corrected chi connectivity index (χ3v) is 1.87. The van der Waals surface area contributed by atoms with Gasteiger partial charge in [0.1, 0.15) is 0 Å². The van der Waals surface area contributed by atoms with E-state index in [0.717, 1.165) is 19.4 Å². The van der Waals surface area contributed by atoms with E-state index in [1.54, 1.807) is 0 Å². The molecular formula is C8H15NO. The maximum absolute atomic E-state index is 8.92. The summed E-state index contributed by atoms with van der Waals surface area (Å²) in [5.41, 5.74) is 0. The van der Waals surface area contributed by atoms with Crippen molar-refractivity contribution >= 4 is 0 Å². The Kier molecular flexibility index (Phi) is 2.90. The zero-order valence-electron chi connectivity index (χ0n) is 6.38. The van der Waals surface area contributed by atoms with Gasteiger partial charge in [-0.25, -0.2) is 0 Å². The molecule has 1 saturated carbocycles. The summed E-state index contributed by atoms with van der Waals surface area (Å²) in [7, 11) is 0. The quantitative estimate of drug-likeness (QED) is 0.566. The van der Waals surface area contributed by atoms with Crippen LogP contribution >= 0.6 is 0 Å². The van der Waals surface area contributed by atoms with Gasteiger partial charge in [0.25, 0.3) is 0 Å². The third-order valence-electron chi connectivity index (χ3n) is 1.87. The molecule has 10 heavy (non-hydrogen) atoms. The molecule has 1 aliphatic rings. The largest absolute Gasteiger partial charge is 0.393 e. The van der Waals surface area contributed by atoms with Crippen molar-refractivity contribution in [1.82, 2.24) is 5.32 Å². The van der Waals surface area contributed by atoms with Crippen LogP contribution in [0.1, 0.15) is 19.8 Å². The summed E-state index contributed by atoms with van der Waals surface area (Å²) in [6.45, 7) is 2.95. The van der Waals surface area contributed by atoms with Crippen molar-refractivity contribution in [3.05, 3.63) is 12.2 Å². The first-order valence-electron chi connectivity index (χ1n) is 3.85. The van der Waals surface area contributed by atoms with Crippen molar-refractivity contribution < 1.29 is 5.11 Å². The number of nitrogens with one attached hydrogen (secondary N) is 1. The second-order valence-electron chi connectivity index (χ2n) is 2.80. The molecule has 0 bridgehead atoms. The Labute approximate surface area is 61.9 Å². The molecule has 0 amide bonds. The van der Waals surface area contributed by atoms with Gasteiger partial charge in [-0.2, -0.15) is 0 Å². The fourth-order valence-corrected chi connectivity index (χ4v) is 1.11. The number of allylic oxidation sites excluding steroid dienone is 1. The van der Waals surface area contributed by atoms with Gasteiger partial charge in [-0.05, 0) is 19.8 Å². The maximum Gasteiger partial charge on any atom is 0.0570 e. The first kappa shape index (κ1) is 7.76. The van der Waals surface area contributed by atoms with E-state index in [4.69, 9.17) is 5.11 Å². The Morgan fingerprint density at radius 2 is 2.30 bits per heavy atom. The minimum absolute atomic E-state index is 0.0388. The first-order valence-corrected chi connectivity index (χ1v) is 3.85. The minimum Gasteiger partial charge on any atom is -0.393 e. The lowest BCUT2D eigenvalue weighted by molar-refractivity contribution is 0.0641. The average Bonchev–Trinajstić information content (AvgIpc) is 1.85. The van der Waals surface area contributed by atoms with Crippen LogP contribution in [0.3, 0.4) is 0 Å². The number of hydrogen-bond acceptors (Lipinski definition) is 2. The van der Waals surface area contributed by atoms with Gasteiger partial charge in [0.15, 0.2) is 0 Å². The molecule has 0 aromatic carbocycles. The normalized spacial score (nSPS) is 32.6. The van der Waals surface area contributed by atoms with E-state index in [2.05, 4.69) is 11.4 Å². The second-order valence-corrected chi connectivity index (χ2v) is 2.80. The molecule has 0 unspecified atom stereocenters. The molecule has 2 N–H and O–H groups in total. The molecule has 0 atom stereocenters. The molecule has 0 radical (unpaired) electrons. The van der Waals surface area contributed by atoms with Crippen LogP contribution in [0.4, 0.5) is 0 Å². The highest BCUT2D eigenvalue weighted by Gasteiger charge is 2.25. The number of rotatable bonds is 3. The first-order chi connectivity index (χ1) is 4.83. The van der Waals surface area contributed by atoms with Gasteiger partial charge >= 0.3 is 0 Å². The van der Waals surface area contributed by atoms with Crippen molar-refractivity contribution in [1.29, 1.82) is 0 Å². The SMILES string of the molecule is C/C=C/CNC1CC(O)C1. The van der Waals surface area contributed by atoms with E-state index in [0.29, 0.717) is 6.04 Å². The summed E-state index contributed by atoms with van der Waals surface area (Å²) in [6, 6.07) is 0.561. The number of aliphatic hydroxyl groups is 1.